The molecule has 0 saturated carbocycles. The summed E-state index contributed by atoms with van der Waals surface area (Å²) in [6.45, 7) is 0. The maximum atomic E-state index is 10.7. The maximum Gasteiger partial charge on any atom is 0.269 e. The highest BCUT2D eigenvalue weighted by Gasteiger charge is 2.10. The molecule has 0 aliphatic carbocycles. The lowest BCUT2D eigenvalue weighted by Crippen LogP contribution is -1.87. The Labute approximate surface area is 147 Å². The van der Waals surface area contributed by atoms with Crippen LogP contribution < -0.4 is 0 Å². The summed E-state index contributed by atoms with van der Waals surface area (Å²) in [5.74, 6) is 0.694. The summed E-state index contributed by atoms with van der Waals surface area (Å²) in [4.78, 5) is 14.7. The molecule has 0 amide bonds. The van der Waals surface area contributed by atoms with Crippen LogP contribution in [0.25, 0.3) is 22.9 Å². The number of hydrogen-bond acceptors (Lipinski definition) is 6. The smallest absolute Gasteiger partial charge is 0.269 e. The van der Waals surface area contributed by atoms with Crippen LogP contribution in [0.4, 0.5) is 5.69 Å². The summed E-state index contributed by atoms with van der Waals surface area (Å²) >= 11 is 1.34. The van der Waals surface area contributed by atoms with Crippen LogP contribution in [0.5, 0.6) is 0 Å². The van der Waals surface area contributed by atoms with Gasteiger partial charge >= 0.3 is 0 Å². The Kier molecular flexibility index (Phi) is 4.83. The summed E-state index contributed by atoms with van der Waals surface area (Å²) in [6.07, 6.45) is 6.72. The summed E-state index contributed by atoms with van der Waals surface area (Å²) in [7, 11) is 0. The van der Waals surface area contributed by atoms with Crippen LogP contribution in [-0.4, -0.2) is 9.91 Å². The fourth-order valence-corrected chi connectivity index (χ4v) is 2.87. The van der Waals surface area contributed by atoms with Gasteiger partial charge < -0.3 is 4.42 Å². The van der Waals surface area contributed by atoms with Crippen molar-refractivity contribution in [2.24, 2.45) is 0 Å². The van der Waals surface area contributed by atoms with Gasteiger partial charge in [0.1, 0.15) is 16.8 Å². The Bertz CT molecular complexity index is 978. The minimum absolute atomic E-state index is 0.0277. The molecule has 0 atom stereocenters. The van der Waals surface area contributed by atoms with Crippen LogP contribution in [0.3, 0.4) is 0 Å². The van der Waals surface area contributed by atoms with Crippen molar-refractivity contribution in [2.75, 3.05) is 0 Å². The number of rotatable bonds is 5. The monoisotopic (exact) mass is 349 g/mol. The van der Waals surface area contributed by atoms with Crippen LogP contribution in [0.15, 0.2) is 64.6 Å². The number of nitro groups is 1. The number of furan rings is 1. The molecule has 3 rings (SSSR count). The Morgan fingerprint density at radius 3 is 2.76 bits per heavy atom. The zero-order valence-electron chi connectivity index (χ0n) is 12.8. The number of aromatic nitrogens is 1. The summed E-state index contributed by atoms with van der Waals surface area (Å²) < 4.78 is 5.18. The zero-order chi connectivity index (χ0) is 17.6. The van der Waals surface area contributed by atoms with Gasteiger partial charge in [-0.25, -0.2) is 4.98 Å². The van der Waals surface area contributed by atoms with E-state index in [0.29, 0.717) is 22.0 Å². The second kappa shape index (κ2) is 7.38. The van der Waals surface area contributed by atoms with Crippen molar-refractivity contribution in [1.29, 1.82) is 5.26 Å². The predicted octanol–water partition coefficient (Wildman–Crippen LogP) is 4.93. The number of nitrogens with zero attached hydrogens (tertiary/aromatic N) is 3. The SMILES string of the molecule is N#C/C(=C/C=C/c1ccco1)c1nc(-c2ccc([N+](=O)[O-])cc2)cs1. The van der Waals surface area contributed by atoms with E-state index < -0.39 is 4.92 Å². The summed E-state index contributed by atoms with van der Waals surface area (Å²) in [6, 6.07) is 11.9. The van der Waals surface area contributed by atoms with Crippen LogP contribution in [-0.2, 0) is 0 Å². The van der Waals surface area contributed by atoms with Crippen LogP contribution in [0, 0.1) is 21.4 Å². The van der Waals surface area contributed by atoms with Crippen LogP contribution >= 0.6 is 11.3 Å². The molecule has 0 N–H and O–H groups in total. The van der Waals surface area contributed by atoms with Gasteiger partial charge in [-0.05, 0) is 36.4 Å². The number of allylic oxidation sites excluding steroid dienone is 3. The van der Waals surface area contributed by atoms with Crippen molar-refractivity contribution < 1.29 is 9.34 Å². The van der Waals surface area contributed by atoms with Crippen molar-refractivity contribution in [1.82, 2.24) is 4.98 Å². The topological polar surface area (TPSA) is 93.0 Å². The third-order valence-corrected chi connectivity index (χ3v) is 4.17. The van der Waals surface area contributed by atoms with E-state index in [1.165, 1.54) is 23.5 Å². The third-order valence-electron chi connectivity index (χ3n) is 3.30. The number of benzene rings is 1. The molecule has 0 aliphatic rings. The normalized spacial score (nSPS) is 11.6. The molecule has 6 nitrogen and oxygen atoms in total. The number of nitro benzene ring substituents is 1. The van der Waals surface area contributed by atoms with Gasteiger partial charge in [-0.15, -0.1) is 11.3 Å². The Morgan fingerprint density at radius 1 is 1.32 bits per heavy atom. The van der Waals surface area contributed by atoms with Gasteiger partial charge in [-0.3, -0.25) is 10.1 Å². The van der Waals surface area contributed by atoms with Gasteiger partial charge in [0.25, 0.3) is 5.69 Å². The first kappa shape index (κ1) is 16.4. The first-order valence-electron chi connectivity index (χ1n) is 7.20. The highest BCUT2D eigenvalue weighted by Crippen LogP contribution is 2.27. The molecule has 0 aliphatic heterocycles. The second-order valence-corrected chi connectivity index (χ2v) is 5.77. The van der Waals surface area contributed by atoms with E-state index >= 15 is 0 Å². The van der Waals surface area contributed by atoms with Crippen molar-refractivity contribution in [3.63, 3.8) is 0 Å². The quantitative estimate of drug-likeness (QED) is 0.282. The number of thiazole rings is 1. The van der Waals surface area contributed by atoms with Gasteiger partial charge in [0.2, 0.25) is 0 Å². The van der Waals surface area contributed by atoms with Gasteiger partial charge in [-0.2, -0.15) is 5.26 Å². The van der Waals surface area contributed by atoms with Gasteiger partial charge in [0.15, 0.2) is 0 Å². The molecule has 122 valence electrons. The molecule has 2 heterocycles. The standard InChI is InChI=1S/C18H11N3O3S/c19-11-14(3-1-4-16-5-2-10-24-16)18-20-17(12-25-18)13-6-8-15(9-7-13)21(22)23/h1-10,12H/b4-1+,14-3-. The lowest BCUT2D eigenvalue weighted by molar-refractivity contribution is -0.384. The van der Waals surface area contributed by atoms with Gasteiger partial charge in [0, 0.05) is 23.1 Å². The lowest BCUT2D eigenvalue weighted by Gasteiger charge is -1.96. The van der Waals surface area contributed by atoms with Crippen molar-refractivity contribution in [3.8, 4) is 17.3 Å². The second-order valence-electron chi connectivity index (χ2n) is 4.91. The van der Waals surface area contributed by atoms with Gasteiger partial charge in [0.05, 0.1) is 22.5 Å². The first-order chi connectivity index (χ1) is 12.2. The molecule has 0 unspecified atom stereocenters. The molecule has 0 bridgehead atoms. The van der Waals surface area contributed by atoms with Crippen LogP contribution in [0.1, 0.15) is 10.8 Å². The molecule has 1 aromatic carbocycles. The Morgan fingerprint density at radius 2 is 2.12 bits per heavy atom. The van der Waals surface area contributed by atoms with E-state index in [4.69, 9.17) is 4.42 Å². The average molecular weight is 349 g/mol. The van der Waals surface area contributed by atoms with Crippen LogP contribution in [0.2, 0.25) is 0 Å². The van der Waals surface area contributed by atoms with E-state index in [1.54, 1.807) is 42.7 Å². The van der Waals surface area contributed by atoms with Crippen molar-refractivity contribution in [2.45, 2.75) is 0 Å². The van der Waals surface area contributed by atoms with E-state index in [9.17, 15) is 15.4 Å². The number of non-ortho nitro benzene ring substituents is 1. The fourth-order valence-electron chi connectivity index (χ4n) is 2.07. The van der Waals surface area contributed by atoms with E-state index in [1.807, 2.05) is 11.4 Å². The van der Waals surface area contributed by atoms with Crippen molar-refractivity contribution >= 4 is 28.7 Å². The van der Waals surface area contributed by atoms with Crippen molar-refractivity contribution in [3.05, 3.63) is 81.1 Å². The fraction of sp³-hybridized carbons (Fsp3) is 0. The molecule has 2 aromatic heterocycles. The van der Waals surface area contributed by atoms with E-state index in [2.05, 4.69) is 11.1 Å². The average Bonchev–Trinajstić information content (AvgIpc) is 3.31. The molecule has 7 heteroatoms. The molecule has 0 fully saturated rings. The zero-order valence-corrected chi connectivity index (χ0v) is 13.6. The molecule has 0 saturated heterocycles. The first-order valence-corrected chi connectivity index (χ1v) is 8.08. The number of nitriles is 1. The lowest BCUT2D eigenvalue weighted by atomic mass is 10.1. The maximum absolute atomic E-state index is 10.7. The highest BCUT2D eigenvalue weighted by molar-refractivity contribution is 7.11. The molecule has 3 aromatic rings. The highest BCUT2D eigenvalue weighted by atomic mass is 32.1. The molecule has 0 radical (unpaired) electrons. The predicted molar refractivity (Wildman–Crippen MR) is 95.5 cm³/mol. The molecular weight excluding hydrogens is 338 g/mol. The minimum Gasteiger partial charge on any atom is -0.465 e. The Hall–Kier alpha value is -3.50. The van der Waals surface area contributed by atoms with E-state index in [-0.39, 0.29) is 5.69 Å². The Balaban J connectivity index is 1.81. The number of hydrogen-bond donors (Lipinski definition) is 0. The summed E-state index contributed by atoms with van der Waals surface area (Å²) in [5, 5.41) is 22.4. The minimum atomic E-state index is -0.446. The molecule has 25 heavy (non-hydrogen) atoms. The largest absolute Gasteiger partial charge is 0.465 e. The van der Waals surface area contributed by atoms with Gasteiger partial charge in [-0.1, -0.05) is 6.08 Å². The molecular formula is C18H11N3O3S. The third kappa shape index (κ3) is 3.88. The van der Waals surface area contributed by atoms with E-state index in [0.717, 1.165) is 5.56 Å². The summed E-state index contributed by atoms with van der Waals surface area (Å²) in [5.41, 5.74) is 1.89. The molecule has 0 spiro atoms.